The summed E-state index contributed by atoms with van der Waals surface area (Å²) in [5.74, 6) is 1.56. The zero-order valence-electron chi connectivity index (χ0n) is 12.3. The SMILES string of the molecule is CNCc1cc(S(=O)(=O)NCCc2ncn(C)n2)c(C)o1. The lowest BCUT2D eigenvalue weighted by molar-refractivity contribution is 0.465. The summed E-state index contributed by atoms with van der Waals surface area (Å²) < 4.78 is 34.0. The number of hydrogen-bond acceptors (Lipinski definition) is 6. The Morgan fingerprint density at radius 3 is 2.81 bits per heavy atom. The summed E-state index contributed by atoms with van der Waals surface area (Å²) in [5.41, 5.74) is 0. The van der Waals surface area contributed by atoms with Gasteiger partial charge in [-0.2, -0.15) is 5.10 Å². The Kier molecular flexibility index (Phi) is 4.76. The Balaban J connectivity index is 2.01. The van der Waals surface area contributed by atoms with Gasteiger partial charge in [0.2, 0.25) is 10.0 Å². The third-order valence-electron chi connectivity index (χ3n) is 2.85. The van der Waals surface area contributed by atoms with E-state index in [9.17, 15) is 8.42 Å². The predicted octanol–water partition coefficient (Wildman–Crippen LogP) is -0.0431. The maximum absolute atomic E-state index is 12.2. The topological polar surface area (TPSA) is 102 Å². The first kappa shape index (κ1) is 15.7. The van der Waals surface area contributed by atoms with Gasteiger partial charge in [0, 0.05) is 26.1 Å². The molecule has 2 rings (SSSR count). The number of hydrogen-bond donors (Lipinski definition) is 2. The van der Waals surface area contributed by atoms with Crippen LogP contribution in [-0.4, -0.2) is 36.8 Å². The Bertz CT molecular complexity index is 704. The van der Waals surface area contributed by atoms with Crippen LogP contribution in [0.1, 0.15) is 17.3 Å². The molecule has 0 unspecified atom stereocenters. The van der Waals surface area contributed by atoms with E-state index in [0.717, 1.165) is 0 Å². The van der Waals surface area contributed by atoms with Gasteiger partial charge < -0.3 is 9.73 Å². The van der Waals surface area contributed by atoms with Crippen molar-refractivity contribution < 1.29 is 12.8 Å². The molecule has 0 radical (unpaired) electrons. The van der Waals surface area contributed by atoms with Crippen molar-refractivity contribution in [2.75, 3.05) is 13.6 Å². The Morgan fingerprint density at radius 1 is 1.43 bits per heavy atom. The van der Waals surface area contributed by atoms with E-state index in [4.69, 9.17) is 4.42 Å². The molecule has 9 heteroatoms. The molecule has 0 aliphatic heterocycles. The van der Waals surface area contributed by atoms with Gasteiger partial charge in [-0.15, -0.1) is 0 Å². The molecule has 0 saturated carbocycles. The van der Waals surface area contributed by atoms with Crippen molar-refractivity contribution in [3.8, 4) is 0 Å². The fraction of sp³-hybridized carbons (Fsp3) is 0.500. The van der Waals surface area contributed by atoms with Crippen molar-refractivity contribution in [1.29, 1.82) is 0 Å². The summed E-state index contributed by atoms with van der Waals surface area (Å²) in [6.07, 6.45) is 2.01. The van der Waals surface area contributed by atoms with Crippen molar-refractivity contribution in [1.82, 2.24) is 24.8 Å². The molecule has 0 atom stereocenters. The number of nitrogens with zero attached hydrogens (tertiary/aromatic N) is 3. The summed E-state index contributed by atoms with van der Waals surface area (Å²) in [6, 6.07) is 1.53. The molecule has 2 aromatic rings. The van der Waals surface area contributed by atoms with Gasteiger partial charge in [0.05, 0.1) is 6.54 Å². The molecular formula is C12H19N5O3S. The first-order chi connectivity index (χ1) is 9.92. The minimum atomic E-state index is -3.59. The molecule has 2 heterocycles. The van der Waals surface area contributed by atoms with Crippen LogP contribution in [0, 0.1) is 6.92 Å². The van der Waals surface area contributed by atoms with Gasteiger partial charge in [0.15, 0.2) is 5.82 Å². The maximum atomic E-state index is 12.2. The van der Waals surface area contributed by atoms with Gasteiger partial charge in [0.25, 0.3) is 0 Å². The highest BCUT2D eigenvalue weighted by Gasteiger charge is 2.21. The van der Waals surface area contributed by atoms with Crippen molar-refractivity contribution in [2.24, 2.45) is 7.05 Å². The van der Waals surface area contributed by atoms with Crippen LogP contribution >= 0.6 is 0 Å². The lowest BCUT2D eigenvalue weighted by atomic mass is 10.4. The molecule has 0 amide bonds. The van der Waals surface area contributed by atoms with Gasteiger partial charge in [-0.05, 0) is 14.0 Å². The normalized spacial score (nSPS) is 12.0. The van der Waals surface area contributed by atoms with E-state index in [0.29, 0.717) is 30.3 Å². The minimum absolute atomic E-state index is 0.168. The van der Waals surface area contributed by atoms with Crippen molar-refractivity contribution >= 4 is 10.0 Å². The van der Waals surface area contributed by atoms with Crippen molar-refractivity contribution in [3.05, 3.63) is 29.7 Å². The molecule has 0 aliphatic rings. The smallest absolute Gasteiger partial charge is 0.244 e. The molecule has 0 saturated heterocycles. The summed E-state index contributed by atoms with van der Waals surface area (Å²) in [6.45, 7) is 2.35. The van der Waals surface area contributed by atoms with Crippen LogP contribution in [0.25, 0.3) is 0 Å². The summed E-state index contributed by atoms with van der Waals surface area (Å²) >= 11 is 0. The second-order valence-corrected chi connectivity index (χ2v) is 6.38. The molecule has 0 fully saturated rings. The van der Waals surface area contributed by atoms with E-state index in [1.807, 2.05) is 0 Å². The largest absolute Gasteiger partial charge is 0.464 e. The summed E-state index contributed by atoms with van der Waals surface area (Å²) in [5, 5.41) is 7.01. The van der Waals surface area contributed by atoms with E-state index in [1.165, 1.54) is 6.07 Å². The van der Waals surface area contributed by atoms with Crippen LogP contribution < -0.4 is 10.0 Å². The average molecular weight is 313 g/mol. The van der Waals surface area contributed by atoms with E-state index >= 15 is 0 Å². The van der Waals surface area contributed by atoms with E-state index < -0.39 is 10.0 Å². The van der Waals surface area contributed by atoms with Crippen LogP contribution in [0.15, 0.2) is 21.7 Å². The molecular weight excluding hydrogens is 294 g/mol. The van der Waals surface area contributed by atoms with Gasteiger partial charge in [-0.1, -0.05) is 0 Å². The van der Waals surface area contributed by atoms with Crippen LogP contribution in [0.2, 0.25) is 0 Å². The molecule has 8 nitrogen and oxygen atoms in total. The molecule has 2 aromatic heterocycles. The standard InChI is InChI=1S/C12H19N5O3S/c1-9-11(6-10(20-9)7-13-2)21(18,19)15-5-4-12-14-8-17(3)16-12/h6,8,13,15H,4-5,7H2,1-3H3. The quantitative estimate of drug-likeness (QED) is 0.743. The average Bonchev–Trinajstić information content (AvgIpc) is 2.96. The Labute approximate surface area is 123 Å². The highest BCUT2D eigenvalue weighted by atomic mass is 32.2. The van der Waals surface area contributed by atoms with Crippen LogP contribution in [0.5, 0.6) is 0 Å². The number of sulfonamides is 1. The molecule has 116 valence electrons. The molecule has 0 aliphatic carbocycles. The third-order valence-corrected chi connectivity index (χ3v) is 4.42. The number of aryl methyl sites for hydroxylation is 2. The van der Waals surface area contributed by atoms with Crippen LogP contribution in [0.3, 0.4) is 0 Å². The van der Waals surface area contributed by atoms with Crippen molar-refractivity contribution in [3.63, 3.8) is 0 Å². The zero-order chi connectivity index (χ0) is 15.5. The van der Waals surface area contributed by atoms with Crippen LogP contribution in [0.4, 0.5) is 0 Å². The molecule has 0 bridgehead atoms. The molecule has 2 N–H and O–H groups in total. The molecule has 0 aromatic carbocycles. The van der Waals surface area contributed by atoms with Gasteiger partial charge in [0.1, 0.15) is 22.7 Å². The monoisotopic (exact) mass is 313 g/mol. The minimum Gasteiger partial charge on any atom is -0.464 e. The van der Waals surface area contributed by atoms with E-state index in [1.54, 1.807) is 32.0 Å². The van der Waals surface area contributed by atoms with E-state index in [2.05, 4.69) is 20.1 Å². The second kappa shape index (κ2) is 6.37. The molecule has 0 spiro atoms. The number of aromatic nitrogens is 3. The number of rotatable bonds is 7. The number of furan rings is 1. The van der Waals surface area contributed by atoms with Gasteiger partial charge in [-0.3, -0.25) is 4.68 Å². The number of nitrogens with one attached hydrogen (secondary N) is 2. The van der Waals surface area contributed by atoms with Gasteiger partial charge in [-0.25, -0.2) is 18.1 Å². The third kappa shape index (κ3) is 3.90. The first-order valence-corrected chi connectivity index (χ1v) is 7.99. The molecule has 21 heavy (non-hydrogen) atoms. The first-order valence-electron chi connectivity index (χ1n) is 6.50. The fourth-order valence-corrected chi connectivity index (χ4v) is 3.16. The Morgan fingerprint density at radius 2 is 2.19 bits per heavy atom. The lowest BCUT2D eigenvalue weighted by Gasteiger charge is -2.03. The second-order valence-electron chi connectivity index (χ2n) is 4.65. The van der Waals surface area contributed by atoms with Crippen molar-refractivity contribution in [2.45, 2.75) is 24.8 Å². The predicted molar refractivity (Wildman–Crippen MR) is 76.1 cm³/mol. The van der Waals surface area contributed by atoms with E-state index in [-0.39, 0.29) is 11.4 Å². The zero-order valence-corrected chi connectivity index (χ0v) is 13.1. The highest BCUT2D eigenvalue weighted by Crippen LogP contribution is 2.19. The van der Waals surface area contributed by atoms with Crippen LogP contribution in [-0.2, 0) is 30.0 Å². The lowest BCUT2D eigenvalue weighted by Crippen LogP contribution is -2.26. The fourth-order valence-electron chi connectivity index (χ4n) is 1.93. The summed E-state index contributed by atoms with van der Waals surface area (Å²) in [4.78, 5) is 4.21. The van der Waals surface area contributed by atoms with Gasteiger partial charge >= 0.3 is 0 Å². The highest BCUT2D eigenvalue weighted by molar-refractivity contribution is 7.89. The maximum Gasteiger partial charge on any atom is 0.244 e. The summed E-state index contributed by atoms with van der Waals surface area (Å²) in [7, 11) is -0.0550. The Hall–Kier alpha value is -1.71.